The molecule has 2 unspecified atom stereocenters. The molecule has 2 nitrogen and oxygen atoms in total. The van der Waals surface area contributed by atoms with Crippen LogP contribution in [0.3, 0.4) is 0 Å². The van der Waals surface area contributed by atoms with E-state index >= 15 is 0 Å². The molecular formula is C13H16BrNO. The van der Waals surface area contributed by atoms with Crippen molar-refractivity contribution in [3.8, 4) is 0 Å². The summed E-state index contributed by atoms with van der Waals surface area (Å²) in [4.78, 5) is 12.0. The van der Waals surface area contributed by atoms with Crippen LogP contribution in [0.4, 0.5) is 0 Å². The maximum absolute atomic E-state index is 12.0. The first-order chi connectivity index (χ1) is 7.66. The number of ketones is 1. The van der Waals surface area contributed by atoms with Gasteiger partial charge in [0.2, 0.25) is 0 Å². The third kappa shape index (κ3) is 2.71. The van der Waals surface area contributed by atoms with Crippen LogP contribution >= 0.6 is 15.9 Å². The molecule has 0 spiro atoms. The Balaban J connectivity index is 2.00. The van der Waals surface area contributed by atoms with Gasteiger partial charge in [0.1, 0.15) is 5.78 Å². The molecule has 0 aromatic heterocycles. The SMILES string of the molecule is NC1CCC(C(=O)Cc2ccccc2Br)C1. The minimum atomic E-state index is 0.183. The van der Waals surface area contributed by atoms with Gasteiger partial charge in [-0.3, -0.25) is 4.79 Å². The summed E-state index contributed by atoms with van der Waals surface area (Å²) < 4.78 is 1.02. The molecule has 0 heterocycles. The zero-order valence-electron chi connectivity index (χ0n) is 9.16. The molecule has 86 valence electrons. The van der Waals surface area contributed by atoms with Crippen molar-refractivity contribution in [1.82, 2.24) is 0 Å². The minimum Gasteiger partial charge on any atom is -0.328 e. The first-order valence-corrected chi connectivity index (χ1v) is 6.48. The Kier molecular flexibility index (Phi) is 3.77. The van der Waals surface area contributed by atoms with E-state index in [9.17, 15) is 4.79 Å². The van der Waals surface area contributed by atoms with Gasteiger partial charge < -0.3 is 5.73 Å². The molecule has 2 rings (SSSR count). The van der Waals surface area contributed by atoms with Crippen molar-refractivity contribution in [2.75, 3.05) is 0 Å². The Morgan fingerprint density at radius 1 is 1.38 bits per heavy atom. The van der Waals surface area contributed by atoms with E-state index in [2.05, 4.69) is 15.9 Å². The Morgan fingerprint density at radius 2 is 2.12 bits per heavy atom. The van der Waals surface area contributed by atoms with E-state index in [4.69, 9.17) is 5.73 Å². The number of hydrogen-bond acceptors (Lipinski definition) is 2. The van der Waals surface area contributed by atoms with Gasteiger partial charge in [-0.2, -0.15) is 0 Å². The van der Waals surface area contributed by atoms with Gasteiger partial charge in [0, 0.05) is 22.9 Å². The van der Waals surface area contributed by atoms with Crippen LogP contribution in [0.1, 0.15) is 24.8 Å². The monoisotopic (exact) mass is 281 g/mol. The summed E-state index contributed by atoms with van der Waals surface area (Å²) in [5.41, 5.74) is 6.90. The number of carbonyl (C=O) groups is 1. The van der Waals surface area contributed by atoms with Gasteiger partial charge in [-0.05, 0) is 30.9 Å². The molecule has 1 aliphatic rings. The van der Waals surface area contributed by atoms with Gasteiger partial charge in [-0.25, -0.2) is 0 Å². The summed E-state index contributed by atoms with van der Waals surface area (Å²) in [5, 5.41) is 0. The van der Waals surface area contributed by atoms with E-state index in [1.165, 1.54) is 0 Å². The molecule has 1 aromatic rings. The van der Waals surface area contributed by atoms with Crippen LogP contribution in [0, 0.1) is 5.92 Å². The highest BCUT2D eigenvalue weighted by Gasteiger charge is 2.27. The molecule has 0 aliphatic heterocycles. The van der Waals surface area contributed by atoms with Gasteiger partial charge in [0.15, 0.2) is 0 Å². The molecule has 1 aromatic carbocycles. The van der Waals surface area contributed by atoms with Crippen molar-refractivity contribution in [1.29, 1.82) is 0 Å². The second-order valence-electron chi connectivity index (χ2n) is 4.50. The van der Waals surface area contributed by atoms with Gasteiger partial charge in [0.05, 0.1) is 0 Å². The Bertz CT molecular complexity index is 391. The molecule has 16 heavy (non-hydrogen) atoms. The molecule has 0 saturated heterocycles. The Labute approximate surface area is 104 Å². The number of benzene rings is 1. The summed E-state index contributed by atoms with van der Waals surface area (Å²) in [6.45, 7) is 0. The molecule has 1 saturated carbocycles. The van der Waals surface area contributed by atoms with E-state index in [0.29, 0.717) is 12.2 Å². The number of nitrogens with two attached hydrogens (primary N) is 1. The second kappa shape index (κ2) is 5.11. The molecule has 0 bridgehead atoms. The lowest BCUT2D eigenvalue weighted by molar-refractivity contribution is -0.122. The molecule has 0 radical (unpaired) electrons. The molecule has 3 heteroatoms. The molecule has 1 aliphatic carbocycles. The predicted octanol–water partition coefficient (Wildman–Crippen LogP) is 2.69. The number of Topliss-reactive ketones (excluding diaryl/α,β-unsaturated/α-hetero) is 1. The highest BCUT2D eigenvalue weighted by Crippen LogP contribution is 2.27. The lowest BCUT2D eigenvalue weighted by atomic mass is 9.96. The zero-order valence-corrected chi connectivity index (χ0v) is 10.7. The van der Waals surface area contributed by atoms with Gasteiger partial charge in [0.25, 0.3) is 0 Å². The fraction of sp³-hybridized carbons (Fsp3) is 0.462. The average Bonchev–Trinajstić information content (AvgIpc) is 2.68. The van der Waals surface area contributed by atoms with Crippen LogP contribution < -0.4 is 5.73 Å². The lowest BCUT2D eigenvalue weighted by Gasteiger charge is -2.09. The van der Waals surface area contributed by atoms with Crippen molar-refractivity contribution >= 4 is 21.7 Å². The molecule has 0 amide bonds. The van der Waals surface area contributed by atoms with Crippen LogP contribution in [-0.4, -0.2) is 11.8 Å². The first kappa shape index (κ1) is 11.8. The van der Waals surface area contributed by atoms with E-state index in [1.807, 2.05) is 24.3 Å². The van der Waals surface area contributed by atoms with E-state index in [-0.39, 0.29) is 12.0 Å². The van der Waals surface area contributed by atoms with Crippen LogP contribution in [0.25, 0.3) is 0 Å². The normalized spacial score (nSPS) is 24.6. The van der Waals surface area contributed by atoms with Crippen LogP contribution in [-0.2, 0) is 11.2 Å². The van der Waals surface area contributed by atoms with Crippen molar-refractivity contribution in [2.24, 2.45) is 11.7 Å². The predicted molar refractivity (Wildman–Crippen MR) is 68.2 cm³/mol. The van der Waals surface area contributed by atoms with Crippen molar-refractivity contribution in [2.45, 2.75) is 31.7 Å². The molecule has 1 fully saturated rings. The summed E-state index contributed by atoms with van der Waals surface area (Å²) in [7, 11) is 0. The zero-order chi connectivity index (χ0) is 11.5. The third-order valence-corrected chi connectivity index (χ3v) is 4.02. The summed E-state index contributed by atoms with van der Waals surface area (Å²) in [6.07, 6.45) is 3.35. The van der Waals surface area contributed by atoms with E-state index < -0.39 is 0 Å². The summed E-state index contributed by atoms with van der Waals surface area (Å²) in [6, 6.07) is 8.13. The summed E-state index contributed by atoms with van der Waals surface area (Å²) in [5.74, 6) is 0.516. The van der Waals surface area contributed by atoms with Crippen LogP contribution in [0.2, 0.25) is 0 Å². The topological polar surface area (TPSA) is 43.1 Å². The van der Waals surface area contributed by atoms with Crippen molar-refractivity contribution in [3.63, 3.8) is 0 Å². The highest BCUT2D eigenvalue weighted by molar-refractivity contribution is 9.10. The lowest BCUT2D eigenvalue weighted by Crippen LogP contribution is -2.19. The fourth-order valence-corrected chi connectivity index (χ4v) is 2.71. The van der Waals surface area contributed by atoms with Crippen LogP contribution in [0.5, 0.6) is 0 Å². The van der Waals surface area contributed by atoms with Gasteiger partial charge >= 0.3 is 0 Å². The average molecular weight is 282 g/mol. The summed E-state index contributed by atoms with van der Waals surface area (Å²) >= 11 is 3.47. The molecule has 2 atom stereocenters. The number of hydrogen-bond donors (Lipinski definition) is 1. The van der Waals surface area contributed by atoms with E-state index in [0.717, 1.165) is 29.3 Å². The number of halogens is 1. The standard InChI is InChI=1S/C13H16BrNO/c14-12-4-2-1-3-9(12)8-13(16)10-5-6-11(15)7-10/h1-4,10-11H,5-8,15H2. The first-order valence-electron chi connectivity index (χ1n) is 5.68. The maximum Gasteiger partial charge on any atom is 0.140 e. The third-order valence-electron chi connectivity index (χ3n) is 3.25. The van der Waals surface area contributed by atoms with Crippen molar-refractivity contribution in [3.05, 3.63) is 34.3 Å². The highest BCUT2D eigenvalue weighted by atomic mass is 79.9. The minimum absolute atomic E-state index is 0.183. The second-order valence-corrected chi connectivity index (χ2v) is 5.36. The number of rotatable bonds is 3. The quantitative estimate of drug-likeness (QED) is 0.926. The van der Waals surface area contributed by atoms with Crippen LogP contribution in [0.15, 0.2) is 28.7 Å². The Hall–Kier alpha value is -0.670. The largest absolute Gasteiger partial charge is 0.328 e. The maximum atomic E-state index is 12.0. The Morgan fingerprint density at radius 3 is 2.75 bits per heavy atom. The van der Waals surface area contributed by atoms with Gasteiger partial charge in [-0.1, -0.05) is 34.1 Å². The van der Waals surface area contributed by atoms with Gasteiger partial charge in [-0.15, -0.1) is 0 Å². The van der Waals surface area contributed by atoms with E-state index in [1.54, 1.807) is 0 Å². The van der Waals surface area contributed by atoms with Crippen molar-refractivity contribution < 1.29 is 4.79 Å². The smallest absolute Gasteiger partial charge is 0.140 e. The number of carbonyl (C=O) groups excluding carboxylic acids is 1. The molecular weight excluding hydrogens is 266 g/mol. The molecule has 2 N–H and O–H groups in total. The fourth-order valence-electron chi connectivity index (χ4n) is 2.28.